The summed E-state index contributed by atoms with van der Waals surface area (Å²) in [6.45, 7) is 4.52. The van der Waals surface area contributed by atoms with Crippen molar-refractivity contribution in [2.75, 3.05) is 5.32 Å². The highest BCUT2D eigenvalue weighted by Gasteiger charge is 2.10. The number of anilines is 1. The second kappa shape index (κ2) is 5.18. The van der Waals surface area contributed by atoms with Gasteiger partial charge in [0.05, 0.1) is 5.69 Å². The highest BCUT2D eigenvalue weighted by atomic mass is 32.1. The summed E-state index contributed by atoms with van der Waals surface area (Å²) in [6, 6.07) is 5.85. The van der Waals surface area contributed by atoms with E-state index in [4.69, 9.17) is 5.11 Å². The van der Waals surface area contributed by atoms with Crippen molar-refractivity contribution in [1.82, 2.24) is 4.98 Å². The van der Waals surface area contributed by atoms with Gasteiger partial charge < -0.3 is 10.4 Å². The Hall–Kier alpha value is -1.88. The average molecular weight is 262 g/mol. The molecule has 94 valence electrons. The maximum Gasteiger partial charge on any atom is 0.339 e. The fourth-order valence-corrected chi connectivity index (χ4v) is 2.47. The Balaban J connectivity index is 2.17. The number of nitrogens with zero attached hydrogens (tertiary/aromatic N) is 1. The topological polar surface area (TPSA) is 62.2 Å². The molecule has 0 aliphatic heterocycles. The van der Waals surface area contributed by atoms with Gasteiger partial charge in [0.1, 0.15) is 5.56 Å². The van der Waals surface area contributed by atoms with Crippen molar-refractivity contribution in [1.29, 1.82) is 0 Å². The summed E-state index contributed by atoms with van der Waals surface area (Å²) in [5.74, 6) is -0.965. The molecular weight excluding hydrogens is 248 g/mol. The summed E-state index contributed by atoms with van der Waals surface area (Å²) in [6.07, 6.45) is 1.39. The van der Waals surface area contributed by atoms with Crippen LogP contribution in [-0.2, 0) is 6.54 Å². The van der Waals surface area contributed by atoms with E-state index in [2.05, 4.69) is 16.4 Å². The minimum Gasteiger partial charge on any atom is -0.478 e. The fourth-order valence-electron chi connectivity index (χ4n) is 1.64. The number of rotatable bonds is 4. The number of hydrogen-bond acceptors (Lipinski definition) is 4. The molecule has 5 heteroatoms. The third-order valence-corrected chi connectivity index (χ3v) is 3.52. The van der Waals surface area contributed by atoms with Gasteiger partial charge in [0, 0.05) is 28.2 Å². The Morgan fingerprint density at radius 2 is 2.22 bits per heavy atom. The summed E-state index contributed by atoms with van der Waals surface area (Å²) in [7, 11) is 0. The molecule has 0 aliphatic rings. The number of aryl methyl sites for hydroxylation is 2. The molecule has 2 rings (SSSR count). The van der Waals surface area contributed by atoms with E-state index in [1.807, 2.05) is 19.9 Å². The maximum absolute atomic E-state index is 11.1. The smallest absolute Gasteiger partial charge is 0.339 e. The molecule has 0 aromatic carbocycles. The largest absolute Gasteiger partial charge is 0.478 e. The number of thiophene rings is 1. The van der Waals surface area contributed by atoms with Gasteiger partial charge in [-0.15, -0.1) is 11.3 Å². The lowest BCUT2D eigenvalue weighted by Crippen LogP contribution is -2.07. The normalized spacial score (nSPS) is 10.3. The second-order valence-electron chi connectivity index (χ2n) is 4.04. The molecule has 0 saturated heterocycles. The zero-order valence-electron chi connectivity index (χ0n) is 10.2. The Kier molecular flexibility index (Phi) is 3.62. The third-order valence-electron chi connectivity index (χ3n) is 2.52. The Labute approximate surface area is 109 Å². The van der Waals surface area contributed by atoms with E-state index < -0.39 is 5.97 Å². The van der Waals surface area contributed by atoms with E-state index in [9.17, 15) is 4.79 Å². The lowest BCUT2D eigenvalue weighted by atomic mass is 10.2. The molecule has 0 aliphatic carbocycles. The van der Waals surface area contributed by atoms with Crippen LogP contribution in [0.15, 0.2) is 24.4 Å². The molecule has 2 aromatic rings. The number of carboxylic acids is 1. The first-order chi connectivity index (χ1) is 8.56. The minimum absolute atomic E-state index is 0.203. The first-order valence-electron chi connectivity index (χ1n) is 5.55. The highest BCUT2D eigenvalue weighted by Crippen LogP contribution is 2.20. The van der Waals surface area contributed by atoms with Crippen molar-refractivity contribution in [3.63, 3.8) is 0 Å². The minimum atomic E-state index is -0.965. The Morgan fingerprint density at radius 1 is 1.44 bits per heavy atom. The third kappa shape index (κ3) is 2.87. The molecule has 0 spiro atoms. The monoisotopic (exact) mass is 262 g/mol. The highest BCUT2D eigenvalue weighted by molar-refractivity contribution is 7.11. The quantitative estimate of drug-likeness (QED) is 0.889. The van der Waals surface area contributed by atoms with Crippen LogP contribution in [0.4, 0.5) is 5.69 Å². The first-order valence-corrected chi connectivity index (χ1v) is 6.37. The molecule has 0 saturated carbocycles. The maximum atomic E-state index is 11.1. The standard InChI is InChI=1S/C13H14N2O2S/c1-8-5-12(11(7-14-8)13(16)17)15-6-10-4-3-9(2)18-10/h3-5,7H,6H2,1-2H3,(H,14,15)(H,16,17). The number of carboxylic acid groups (broad SMARTS) is 1. The summed E-state index contributed by atoms with van der Waals surface area (Å²) in [5, 5.41) is 12.2. The molecule has 4 nitrogen and oxygen atoms in total. The van der Waals surface area contributed by atoms with Crippen molar-refractivity contribution in [3.8, 4) is 0 Å². The van der Waals surface area contributed by atoms with Gasteiger partial charge in [-0.25, -0.2) is 4.79 Å². The predicted molar refractivity (Wildman–Crippen MR) is 72.3 cm³/mol. The van der Waals surface area contributed by atoms with E-state index in [1.165, 1.54) is 16.0 Å². The van der Waals surface area contributed by atoms with Crippen molar-refractivity contribution in [3.05, 3.63) is 45.4 Å². The number of pyridine rings is 1. The van der Waals surface area contributed by atoms with Gasteiger partial charge in [-0.1, -0.05) is 0 Å². The van der Waals surface area contributed by atoms with Crippen LogP contribution in [0.5, 0.6) is 0 Å². The van der Waals surface area contributed by atoms with E-state index in [0.29, 0.717) is 12.2 Å². The summed E-state index contributed by atoms with van der Waals surface area (Å²) < 4.78 is 0. The molecule has 0 amide bonds. The van der Waals surface area contributed by atoms with Gasteiger partial charge in [0.15, 0.2) is 0 Å². The van der Waals surface area contributed by atoms with E-state index >= 15 is 0 Å². The van der Waals surface area contributed by atoms with Gasteiger partial charge >= 0.3 is 5.97 Å². The van der Waals surface area contributed by atoms with E-state index in [-0.39, 0.29) is 5.56 Å². The van der Waals surface area contributed by atoms with Crippen molar-refractivity contribution < 1.29 is 9.90 Å². The van der Waals surface area contributed by atoms with Crippen LogP contribution in [0.1, 0.15) is 25.8 Å². The van der Waals surface area contributed by atoms with Crippen LogP contribution in [0.2, 0.25) is 0 Å². The Bertz CT molecular complexity index is 578. The van der Waals surface area contributed by atoms with Gasteiger partial charge in [-0.2, -0.15) is 0 Å². The number of aromatic carboxylic acids is 1. The van der Waals surface area contributed by atoms with Crippen LogP contribution in [0, 0.1) is 13.8 Å². The summed E-state index contributed by atoms with van der Waals surface area (Å²) in [4.78, 5) is 17.5. The number of nitrogens with one attached hydrogen (secondary N) is 1. The van der Waals surface area contributed by atoms with Crippen LogP contribution in [-0.4, -0.2) is 16.1 Å². The van der Waals surface area contributed by atoms with E-state index in [1.54, 1.807) is 17.4 Å². The number of carbonyl (C=O) groups is 1. The van der Waals surface area contributed by atoms with Crippen LogP contribution in [0.25, 0.3) is 0 Å². The van der Waals surface area contributed by atoms with Crippen LogP contribution in [0.3, 0.4) is 0 Å². The lowest BCUT2D eigenvalue weighted by Gasteiger charge is -2.09. The first kappa shape index (κ1) is 12.6. The molecule has 18 heavy (non-hydrogen) atoms. The molecule has 2 heterocycles. The van der Waals surface area contributed by atoms with Gasteiger partial charge in [-0.3, -0.25) is 4.98 Å². The van der Waals surface area contributed by atoms with Gasteiger partial charge in [0.2, 0.25) is 0 Å². The van der Waals surface area contributed by atoms with Gasteiger partial charge in [-0.05, 0) is 32.0 Å². The summed E-state index contributed by atoms with van der Waals surface area (Å²) >= 11 is 1.70. The predicted octanol–water partition coefficient (Wildman–Crippen LogP) is 3.07. The number of hydrogen-bond donors (Lipinski definition) is 2. The molecular formula is C13H14N2O2S. The second-order valence-corrected chi connectivity index (χ2v) is 5.41. The molecule has 0 fully saturated rings. The van der Waals surface area contributed by atoms with Crippen molar-refractivity contribution in [2.24, 2.45) is 0 Å². The molecule has 2 aromatic heterocycles. The molecule has 0 radical (unpaired) electrons. The SMILES string of the molecule is Cc1cc(NCc2ccc(C)s2)c(C(=O)O)cn1. The molecule has 0 bridgehead atoms. The van der Waals surface area contributed by atoms with Crippen molar-refractivity contribution in [2.45, 2.75) is 20.4 Å². The fraction of sp³-hybridized carbons (Fsp3) is 0.231. The average Bonchev–Trinajstić information content (AvgIpc) is 2.72. The van der Waals surface area contributed by atoms with Crippen LogP contribution >= 0.6 is 11.3 Å². The molecule has 0 atom stereocenters. The zero-order valence-corrected chi connectivity index (χ0v) is 11.0. The van der Waals surface area contributed by atoms with Gasteiger partial charge in [0.25, 0.3) is 0 Å². The number of aromatic nitrogens is 1. The lowest BCUT2D eigenvalue weighted by molar-refractivity contribution is 0.0697. The van der Waals surface area contributed by atoms with Crippen molar-refractivity contribution >= 4 is 23.0 Å². The summed E-state index contributed by atoms with van der Waals surface area (Å²) in [5.41, 5.74) is 1.61. The van der Waals surface area contributed by atoms with Crippen LogP contribution < -0.4 is 5.32 Å². The Morgan fingerprint density at radius 3 is 2.83 bits per heavy atom. The molecule has 0 unspecified atom stereocenters. The van der Waals surface area contributed by atoms with E-state index in [0.717, 1.165) is 5.69 Å². The molecule has 2 N–H and O–H groups in total. The zero-order chi connectivity index (χ0) is 13.1.